The number of hydrogen-bond donors (Lipinski definition) is 1. The molecule has 1 fully saturated rings. The van der Waals surface area contributed by atoms with Crippen molar-refractivity contribution in [3.63, 3.8) is 0 Å². The highest BCUT2D eigenvalue weighted by Gasteiger charge is 2.38. The number of carbonyl (C=O) groups excluding carboxylic acids is 1. The molecule has 0 aromatic rings. The van der Waals surface area contributed by atoms with Crippen LogP contribution >= 0.6 is 11.6 Å². The number of amides is 1. The number of carbonyl (C=O) groups is 1. The zero-order valence-corrected chi connectivity index (χ0v) is 8.64. The van der Waals surface area contributed by atoms with Gasteiger partial charge in [0.25, 0.3) is 0 Å². The molecule has 1 rings (SSSR count). The van der Waals surface area contributed by atoms with Crippen molar-refractivity contribution in [2.24, 2.45) is 11.8 Å². The third-order valence-electron chi connectivity index (χ3n) is 2.21. The Balaban J connectivity index is 1.91. The highest BCUT2D eigenvalue weighted by Crippen LogP contribution is 2.37. The lowest BCUT2D eigenvalue weighted by Gasteiger charge is -2.04. The highest BCUT2D eigenvalue weighted by atomic mass is 35.5. The molecule has 0 aliphatic heterocycles. The van der Waals surface area contributed by atoms with E-state index in [1.165, 1.54) is 0 Å². The van der Waals surface area contributed by atoms with Gasteiger partial charge < -0.3 is 10.1 Å². The summed E-state index contributed by atoms with van der Waals surface area (Å²) in [5.41, 5.74) is 0. The molecule has 0 bridgehead atoms. The second-order valence-electron chi connectivity index (χ2n) is 3.41. The SMILES string of the molecule is CC1CC1C(=O)NCCOCCCl. The monoisotopic (exact) mass is 205 g/mol. The fourth-order valence-electron chi connectivity index (χ4n) is 1.22. The maximum atomic E-state index is 11.3. The van der Waals surface area contributed by atoms with Crippen LogP contribution in [-0.2, 0) is 9.53 Å². The quantitative estimate of drug-likeness (QED) is 0.519. The number of nitrogens with one attached hydrogen (secondary N) is 1. The van der Waals surface area contributed by atoms with E-state index in [0.29, 0.717) is 31.6 Å². The molecule has 2 atom stereocenters. The second-order valence-corrected chi connectivity index (χ2v) is 3.79. The molecule has 13 heavy (non-hydrogen) atoms. The fourth-order valence-corrected chi connectivity index (χ4v) is 1.33. The summed E-state index contributed by atoms with van der Waals surface area (Å²) in [7, 11) is 0. The zero-order chi connectivity index (χ0) is 9.68. The van der Waals surface area contributed by atoms with Crippen LogP contribution in [0.2, 0.25) is 0 Å². The second kappa shape index (κ2) is 5.45. The van der Waals surface area contributed by atoms with Gasteiger partial charge in [0.1, 0.15) is 0 Å². The van der Waals surface area contributed by atoms with Crippen molar-refractivity contribution < 1.29 is 9.53 Å². The Morgan fingerprint density at radius 3 is 2.85 bits per heavy atom. The van der Waals surface area contributed by atoms with Crippen molar-refractivity contribution in [2.75, 3.05) is 25.6 Å². The van der Waals surface area contributed by atoms with Gasteiger partial charge in [-0.1, -0.05) is 6.92 Å². The number of ether oxygens (including phenoxy) is 1. The van der Waals surface area contributed by atoms with Gasteiger partial charge in [-0.2, -0.15) is 0 Å². The molecular formula is C9H16ClNO2. The Morgan fingerprint density at radius 2 is 2.31 bits per heavy atom. The third kappa shape index (κ3) is 3.96. The van der Waals surface area contributed by atoms with Gasteiger partial charge in [-0.25, -0.2) is 0 Å². The number of alkyl halides is 1. The summed E-state index contributed by atoms with van der Waals surface area (Å²) in [5.74, 6) is 1.51. The Morgan fingerprint density at radius 1 is 1.62 bits per heavy atom. The van der Waals surface area contributed by atoms with Crippen molar-refractivity contribution in [1.82, 2.24) is 5.32 Å². The van der Waals surface area contributed by atoms with Gasteiger partial charge in [0.05, 0.1) is 13.2 Å². The minimum atomic E-state index is 0.168. The van der Waals surface area contributed by atoms with E-state index >= 15 is 0 Å². The summed E-state index contributed by atoms with van der Waals surface area (Å²) in [5, 5.41) is 2.83. The summed E-state index contributed by atoms with van der Waals surface area (Å²) in [4.78, 5) is 11.3. The van der Waals surface area contributed by atoms with Gasteiger partial charge in [0.2, 0.25) is 5.91 Å². The summed E-state index contributed by atoms with van der Waals surface area (Å²) in [6.07, 6.45) is 1.04. The van der Waals surface area contributed by atoms with E-state index in [1.807, 2.05) is 0 Å². The van der Waals surface area contributed by atoms with Crippen LogP contribution in [0, 0.1) is 11.8 Å². The molecule has 0 saturated heterocycles. The topological polar surface area (TPSA) is 38.3 Å². The van der Waals surface area contributed by atoms with Crippen LogP contribution in [0.5, 0.6) is 0 Å². The first-order valence-corrected chi connectivity index (χ1v) is 5.20. The van der Waals surface area contributed by atoms with E-state index in [4.69, 9.17) is 16.3 Å². The maximum absolute atomic E-state index is 11.3. The predicted octanol–water partition coefficient (Wildman–Crippen LogP) is 1.01. The van der Waals surface area contributed by atoms with Gasteiger partial charge >= 0.3 is 0 Å². The molecule has 0 aromatic heterocycles. The van der Waals surface area contributed by atoms with Crippen LogP contribution in [0.3, 0.4) is 0 Å². The van der Waals surface area contributed by atoms with Crippen LogP contribution in [0.25, 0.3) is 0 Å². The summed E-state index contributed by atoms with van der Waals surface area (Å²) in [6.45, 7) is 3.80. The third-order valence-corrected chi connectivity index (χ3v) is 2.37. The van der Waals surface area contributed by atoms with E-state index in [0.717, 1.165) is 6.42 Å². The molecule has 4 heteroatoms. The van der Waals surface area contributed by atoms with Crippen molar-refractivity contribution in [3.05, 3.63) is 0 Å². The molecule has 1 amide bonds. The predicted molar refractivity (Wildman–Crippen MR) is 51.8 cm³/mol. The molecule has 0 spiro atoms. The fraction of sp³-hybridized carbons (Fsp3) is 0.889. The molecule has 2 unspecified atom stereocenters. The standard InChI is InChI=1S/C9H16ClNO2/c1-7-6-8(7)9(12)11-3-5-13-4-2-10/h7-8H,2-6H2,1H3,(H,11,12). The minimum absolute atomic E-state index is 0.168. The first-order valence-electron chi connectivity index (χ1n) is 4.67. The lowest BCUT2D eigenvalue weighted by Crippen LogP contribution is -2.29. The Bertz CT molecular complexity index is 175. The summed E-state index contributed by atoms with van der Waals surface area (Å²) < 4.78 is 5.11. The van der Waals surface area contributed by atoms with Crippen molar-refractivity contribution >= 4 is 17.5 Å². The maximum Gasteiger partial charge on any atom is 0.223 e. The highest BCUT2D eigenvalue weighted by molar-refractivity contribution is 6.17. The lowest BCUT2D eigenvalue weighted by molar-refractivity contribution is -0.122. The average Bonchev–Trinajstić information content (AvgIpc) is 2.82. The van der Waals surface area contributed by atoms with Gasteiger partial charge in [-0.05, 0) is 12.3 Å². The van der Waals surface area contributed by atoms with Crippen molar-refractivity contribution in [2.45, 2.75) is 13.3 Å². The summed E-state index contributed by atoms with van der Waals surface area (Å²) in [6, 6.07) is 0. The molecule has 1 aliphatic rings. The molecule has 0 radical (unpaired) electrons. The molecule has 1 aliphatic carbocycles. The van der Waals surface area contributed by atoms with Crippen LogP contribution < -0.4 is 5.32 Å². The number of halogens is 1. The van der Waals surface area contributed by atoms with Gasteiger partial charge in [0.15, 0.2) is 0 Å². The van der Waals surface area contributed by atoms with Crippen LogP contribution in [0.1, 0.15) is 13.3 Å². The lowest BCUT2D eigenvalue weighted by atomic mass is 10.3. The van der Waals surface area contributed by atoms with E-state index in [9.17, 15) is 4.79 Å². The largest absolute Gasteiger partial charge is 0.378 e. The molecule has 0 heterocycles. The normalized spacial score (nSPS) is 25.7. The van der Waals surface area contributed by atoms with E-state index in [1.54, 1.807) is 0 Å². The van der Waals surface area contributed by atoms with E-state index in [2.05, 4.69) is 12.2 Å². The molecule has 3 nitrogen and oxygen atoms in total. The van der Waals surface area contributed by atoms with Crippen LogP contribution in [-0.4, -0.2) is 31.5 Å². The van der Waals surface area contributed by atoms with Gasteiger partial charge in [0, 0.05) is 18.3 Å². The van der Waals surface area contributed by atoms with Gasteiger partial charge in [-0.15, -0.1) is 11.6 Å². The Kier molecular flexibility index (Phi) is 4.53. The molecular weight excluding hydrogens is 190 g/mol. The molecule has 76 valence electrons. The molecule has 1 saturated carbocycles. The summed E-state index contributed by atoms with van der Waals surface area (Å²) >= 11 is 5.41. The van der Waals surface area contributed by atoms with Crippen LogP contribution in [0.15, 0.2) is 0 Å². The van der Waals surface area contributed by atoms with Crippen LogP contribution in [0.4, 0.5) is 0 Å². The minimum Gasteiger partial charge on any atom is -0.378 e. The zero-order valence-electron chi connectivity index (χ0n) is 7.88. The average molecular weight is 206 g/mol. The molecule has 0 aromatic carbocycles. The first-order chi connectivity index (χ1) is 6.25. The van der Waals surface area contributed by atoms with E-state index in [-0.39, 0.29) is 11.8 Å². The smallest absolute Gasteiger partial charge is 0.223 e. The van der Waals surface area contributed by atoms with Gasteiger partial charge in [-0.3, -0.25) is 4.79 Å². The number of rotatable bonds is 6. The molecule has 1 N–H and O–H groups in total. The first kappa shape index (κ1) is 10.8. The van der Waals surface area contributed by atoms with Crippen molar-refractivity contribution in [3.8, 4) is 0 Å². The van der Waals surface area contributed by atoms with E-state index < -0.39 is 0 Å². The van der Waals surface area contributed by atoms with Crippen molar-refractivity contribution in [1.29, 1.82) is 0 Å². The number of hydrogen-bond acceptors (Lipinski definition) is 2. The Labute approximate surface area is 83.8 Å². The Hall–Kier alpha value is -0.280.